The quantitative estimate of drug-likeness (QED) is 0.316. The number of nitrogens with two attached hydrogens (primary N) is 1. The van der Waals surface area contributed by atoms with Crippen molar-refractivity contribution in [2.45, 2.75) is 51.6 Å². The number of ketones is 1. The molecule has 1 aliphatic carbocycles. The minimum atomic E-state index is -0.984. The van der Waals surface area contributed by atoms with Gasteiger partial charge in [-0.15, -0.1) is 0 Å². The minimum absolute atomic E-state index is 0.0144. The molecule has 3 N–H and O–H groups in total. The summed E-state index contributed by atoms with van der Waals surface area (Å²) in [5, 5.41) is 2.64. The second-order valence-corrected chi connectivity index (χ2v) is 8.61. The molecule has 1 spiro atoms. The van der Waals surface area contributed by atoms with E-state index in [9.17, 15) is 28.8 Å². The van der Waals surface area contributed by atoms with Crippen molar-refractivity contribution in [1.82, 2.24) is 19.4 Å². The number of nitrogen functional groups attached to an aromatic ring is 1. The van der Waals surface area contributed by atoms with Gasteiger partial charge in [0, 0.05) is 13.6 Å². The van der Waals surface area contributed by atoms with Gasteiger partial charge in [0.25, 0.3) is 11.5 Å². The summed E-state index contributed by atoms with van der Waals surface area (Å²) in [7, 11) is 1.22. The Kier molecular flexibility index (Phi) is 6.24. The lowest BCUT2D eigenvalue weighted by atomic mass is 9.98. The molecule has 1 aliphatic heterocycles. The summed E-state index contributed by atoms with van der Waals surface area (Å²) in [4.78, 5) is 75.1. The fraction of sp³-hybridized carbons (Fsp3) is 0.600. The van der Waals surface area contributed by atoms with Gasteiger partial charge in [-0.2, -0.15) is 0 Å². The summed E-state index contributed by atoms with van der Waals surface area (Å²) in [6.45, 7) is 2.39. The molecule has 1 aromatic rings. The highest BCUT2D eigenvalue weighted by molar-refractivity contribution is 6.09. The van der Waals surface area contributed by atoms with Crippen LogP contribution in [0.1, 0.15) is 49.9 Å². The predicted molar refractivity (Wildman–Crippen MR) is 112 cm³/mol. The summed E-state index contributed by atoms with van der Waals surface area (Å²) in [6.07, 6.45) is 2.62. The molecule has 0 aromatic carbocycles. The molecule has 1 aromatic heterocycles. The van der Waals surface area contributed by atoms with Crippen molar-refractivity contribution in [2.24, 2.45) is 13.0 Å². The van der Waals surface area contributed by atoms with Gasteiger partial charge in [-0.1, -0.05) is 26.7 Å². The number of imide groups is 1. The number of anilines is 1. The number of ether oxygens (including phenoxy) is 1. The number of rotatable bonds is 7. The van der Waals surface area contributed by atoms with Crippen molar-refractivity contribution in [3.8, 4) is 0 Å². The van der Waals surface area contributed by atoms with Gasteiger partial charge in [-0.3, -0.25) is 33.2 Å². The van der Waals surface area contributed by atoms with Crippen LogP contribution in [0.25, 0.3) is 0 Å². The fourth-order valence-corrected chi connectivity index (χ4v) is 4.12. The maximum Gasteiger partial charge on any atom is 0.332 e. The van der Waals surface area contributed by atoms with Crippen LogP contribution in [0.3, 0.4) is 0 Å². The van der Waals surface area contributed by atoms with Crippen LogP contribution in [-0.2, 0) is 27.9 Å². The Bertz CT molecular complexity index is 1090. The average Bonchev–Trinajstić information content (AvgIpc) is 3.28. The lowest BCUT2D eigenvalue weighted by Crippen LogP contribution is -2.44. The van der Waals surface area contributed by atoms with Crippen LogP contribution in [-0.4, -0.2) is 56.4 Å². The number of carbonyl (C=O) groups excluding carboxylic acids is 4. The van der Waals surface area contributed by atoms with Crippen molar-refractivity contribution >= 4 is 29.5 Å². The van der Waals surface area contributed by atoms with E-state index in [0.717, 1.165) is 26.9 Å². The van der Waals surface area contributed by atoms with Crippen molar-refractivity contribution in [3.05, 3.63) is 26.4 Å². The average molecular weight is 449 g/mol. The summed E-state index contributed by atoms with van der Waals surface area (Å²) in [5.41, 5.74) is 2.95. The minimum Gasteiger partial charge on any atom is -0.456 e. The van der Waals surface area contributed by atoms with Crippen LogP contribution in [0.5, 0.6) is 0 Å². The monoisotopic (exact) mass is 449 g/mol. The number of amides is 3. The maximum absolute atomic E-state index is 12.6. The standard InChI is InChI=1S/C20H27N5O7/c1-11(2)8-24-15(21)14(16(28)23(3)19(24)31)12(26)10-32-13(27)9-25-17(29)20(22-18(25)30)6-4-5-7-20/h11H,4-10,21H2,1-3H3,(H,22,30). The van der Waals surface area contributed by atoms with E-state index in [1.807, 2.05) is 13.8 Å². The van der Waals surface area contributed by atoms with Gasteiger partial charge < -0.3 is 15.8 Å². The normalized spacial score (nSPS) is 17.3. The number of hydrogen-bond acceptors (Lipinski definition) is 8. The number of nitrogens with one attached hydrogen (secondary N) is 1. The molecule has 174 valence electrons. The number of carbonyl (C=O) groups is 4. The van der Waals surface area contributed by atoms with Gasteiger partial charge in [-0.05, 0) is 18.8 Å². The van der Waals surface area contributed by atoms with Gasteiger partial charge >= 0.3 is 17.7 Å². The summed E-state index contributed by atoms with van der Waals surface area (Å²) >= 11 is 0. The predicted octanol–water partition coefficient (Wildman–Crippen LogP) is -0.624. The molecule has 0 bridgehead atoms. The van der Waals surface area contributed by atoms with Gasteiger partial charge in [0.05, 0.1) is 0 Å². The topological polar surface area (TPSA) is 163 Å². The Hall–Kier alpha value is -3.44. The molecule has 0 atom stereocenters. The first-order valence-corrected chi connectivity index (χ1v) is 10.4. The van der Waals surface area contributed by atoms with Crippen molar-refractivity contribution in [2.75, 3.05) is 18.9 Å². The lowest BCUT2D eigenvalue weighted by Gasteiger charge is -2.19. The molecule has 32 heavy (non-hydrogen) atoms. The van der Waals surface area contributed by atoms with E-state index in [1.165, 1.54) is 7.05 Å². The molecule has 3 amide bonds. The fourth-order valence-electron chi connectivity index (χ4n) is 4.12. The zero-order valence-corrected chi connectivity index (χ0v) is 18.3. The first-order valence-electron chi connectivity index (χ1n) is 10.4. The molecular weight excluding hydrogens is 422 g/mol. The number of urea groups is 1. The number of Topliss-reactive ketones (excluding diaryl/α,β-unsaturated/α-hetero) is 1. The van der Waals surface area contributed by atoms with E-state index in [1.54, 1.807) is 0 Å². The van der Waals surface area contributed by atoms with E-state index in [0.29, 0.717) is 12.8 Å². The first-order chi connectivity index (χ1) is 15.0. The number of esters is 1. The largest absolute Gasteiger partial charge is 0.456 e. The summed E-state index contributed by atoms with van der Waals surface area (Å²) in [6, 6.07) is -0.681. The molecule has 12 nitrogen and oxygen atoms in total. The van der Waals surface area contributed by atoms with Gasteiger partial charge in [0.1, 0.15) is 23.5 Å². The third-order valence-corrected chi connectivity index (χ3v) is 5.76. The Morgan fingerprint density at radius 2 is 1.78 bits per heavy atom. The molecule has 0 unspecified atom stereocenters. The highest BCUT2D eigenvalue weighted by atomic mass is 16.5. The van der Waals surface area contributed by atoms with E-state index in [4.69, 9.17) is 10.5 Å². The summed E-state index contributed by atoms with van der Waals surface area (Å²) in [5.74, 6) is -2.64. The number of nitrogens with zero attached hydrogens (tertiary/aromatic N) is 3. The first kappa shape index (κ1) is 23.2. The zero-order valence-electron chi connectivity index (χ0n) is 18.3. The van der Waals surface area contributed by atoms with Crippen LogP contribution >= 0.6 is 0 Å². The molecule has 0 radical (unpaired) electrons. The highest BCUT2D eigenvalue weighted by Crippen LogP contribution is 2.34. The second kappa shape index (κ2) is 8.60. The number of aromatic nitrogens is 2. The molecule has 2 heterocycles. The van der Waals surface area contributed by atoms with Crippen LogP contribution in [0.15, 0.2) is 9.59 Å². The Morgan fingerprint density at radius 1 is 1.16 bits per heavy atom. The van der Waals surface area contributed by atoms with Crippen molar-refractivity contribution < 1.29 is 23.9 Å². The second-order valence-electron chi connectivity index (χ2n) is 8.61. The highest BCUT2D eigenvalue weighted by Gasteiger charge is 2.52. The van der Waals surface area contributed by atoms with Crippen LogP contribution in [0, 0.1) is 5.92 Å². The van der Waals surface area contributed by atoms with Gasteiger partial charge in [0.2, 0.25) is 5.78 Å². The third kappa shape index (κ3) is 4.04. The molecule has 2 fully saturated rings. The summed E-state index contributed by atoms with van der Waals surface area (Å²) < 4.78 is 6.80. The smallest absolute Gasteiger partial charge is 0.332 e. The van der Waals surface area contributed by atoms with Crippen LogP contribution < -0.4 is 22.3 Å². The van der Waals surface area contributed by atoms with Crippen LogP contribution in [0.2, 0.25) is 0 Å². The number of hydrogen-bond donors (Lipinski definition) is 2. The molecule has 12 heteroatoms. The lowest BCUT2D eigenvalue weighted by molar-refractivity contribution is -0.146. The molecule has 3 rings (SSSR count). The van der Waals surface area contributed by atoms with E-state index in [2.05, 4.69) is 5.32 Å². The molecule has 1 saturated carbocycles. The molecular formula is C20H27N5O7. The Morgan fingerprint density at radius 3 is 2.38 bits per heavy atom. The molecule has 1 saturated heterocycles. The molecule has 2 aliphatic rings. The van der Waals surface area contributed by atoms with Crippen molar-refractivity contribution in [3.63, 3.8) is 0 Å². The van der Waals surface area contributed by atoms with Gasteiger partial charge in [-0.25, -0.2) is 9.59 Å². The Balaban J connectivity index is 1.71. The van der Waals surface area contributed by atoms with E-state index >= 15 is 0 Å². The maximum atomic E-state index is 12.6. The van der Waals surface area contributed by atoms with Gasteiger partial charge in [0.15, 0.2) is 6.61 Å². The third-order valence-electron chi connectivity index (χ3n) is 5.76. The van der Waals surface area contributed by atoms with Crippen molar-refractivity contribution in [1.29, 1.82) is 0 Å². The van der Waals surface area contributed by atoms with E-state index < -0.39 is 59.2 Å². The Labute approximate surface area is 183 Å². The zero-order chi connectivity index (χ0) is 23.8. The van der Waals surface area contributed by atoms with E-state index in [-0.39, 0.29) is 18.3 Å². The van der Waals surface area contributed by atoms with Crippen LogP contribution in [0.4, 0.5) is 10.6 Å². The SMILES string of the molecule is CC(C)Cn1c(N)c(C(=O)COC(=O)CN2C(=O)NC3(CCCC3)C2=O)c(=O)n(C)c1=O.